The molecule has 0 spiro atoms. The van der Waals surface area contributed by atoms with Gasteiger partial charge in [0.05, 0.1) is 25.1 Å². The second kappa shape index (κ2) is 7.30. The first kappa shape index (κ1) is 16.9. The SMILES string of the molecule is COC(=O)NN=Cc1cn(-c2ccccc2)nc1-c1ccc([N+](=O)[O-])o1. The number of aromatic nitrogens is 2. The summed E-state index contributed by atoms with van der Waals surface area (Å²) in [6.45, 7) is 0. The van der Waals surface area contributed by atoms with Crippen molar-refractivity contribution in [2.75, 3.05) is 7.11 Å². The van der Waals surface area contributed by atoms with Gasteiger partial charge in [-0.2, -0.15) is 10.2 Å². The van der Waals surface area contributed by atoms with Gasteiger partial charge in [-0.1, -0.05) is 18.2 Å². The molecule has 3 aromatic rings. The quantitative estimate of drug-likeness (QED) is 0.426. The summed E-state index contributed by atoms with van der Waals surface area (Å²) in [5.74, 6) is -0.198. The van der Waals surface area contributed by atoms with Crippen molar-refractivity contribution in [2.24, 2.45) is 5.10 Å². The van der Waals surface area contributed by atoms with Crippen molar-refractivity contribution in [1.82, 2.24) is 15.2 Å². The molecule has 26 heavy (non-hydrogen) atoms. The fourth-order valence-electron chi connectivity index (χ4n) is 2.14. The Morgan fingerprint density at radius 2 is 2.12 bits per heavy atom. The molecule has 0 atom stereocenters. The van der Waals surface area contributed by atoms with Crippen LogP contribution in [0.2, 0.25) is 0 Å². The minimum absolute atomic E-state index is 0.200. The highest BCUT2D eigenvalue weighted by atomic mass is 16.6. The van der Waals surface area contributed by atoms with E-state index < -0.39 is 16.9 Å². The summed E-state index contributed by atoms with van der Waals surface area (Å²) in [7, 11) is 1.21. The number of carbonyl (C=O) groups is 1. The number of ether oxygens (including phenoxy) is 1. The van der Waals surface area contributed by atoms with Crippen molar-refractivity contribution in [3.05, 3.63) is 64.3 Å². The van der Waals surface area contributed by atoms with Gasteiger partial charge in [0.2, 0.25) is 0 Å². The number of amides is 1. The second-order valence-electron chi connectivity index (χ2n) is 4.97. The molecule has 0 saturated heterocycles. The van der Waals surface area contributed by atoms with Crippen molar-refractivity contribution in [3.63, 3.8) is 0 Å². The Morgan fingerprint density at radius 1 is 1.35 bits per heavy atom. The van der Waals surface area contributed by atoms with Crippen LogP contribution in [0.5, 0.6) is 0 Å². The summed E-state index contributed by atoms with van der Waals surface area (Å²) >= 11 is 0. The number of benzene rings is 1. The Labute approximate surface area is 146 Å². The summed E-state index contributed by atoms with van der Waals surface area (Å²) < 4.78 is 11.2. The molecule has 0 aliphatic rings. The first-order chi connectivity index (χ1) is 12.6. The van der Waals surface area contributed by atoms with E-state index in [0.29, 0.717) is 11.3 Å². The van der Waals surface area contributed by atoms with E-state index >= 15 is 0 Å². The third-order valence-electron chi connectivity index (χ3n) is 3.31. The number of nitro groups is 1. The lowest BCUT2D eigenvalue weighted by Crippen LogP contribution is -2.16. The van der Waals surface area contributed by atoms with Gasteiger partial charge in [0, 0.05) is 11.8 Å². The summed E-state index contributed by atoms with van der Waals surface area (Å²) in [6, 6.07) is 11.9. The molecular formula is C16H13N5O5. The molecule has 2 aromatic heterocycles. The maximum absolute atomic E-state index is 11.1. The van der Waals surface area contributed by atoms with Gasteiger partial charge >= 0.3 is 12.0 Å². The highest BCUT2D eigenvalue weighted by molar-refractivity contribution is 5.88. The number of hydrazone groups is 1. The van der Waals surface area contributed by atoms with Crippen molar-refractivity contribution in [2.45, 2.75) is 0 Å². The zero-order chi connectivity index (χ0) is 18.5. The number of nitrogens with one attached hydrogen (secondary N) is 1. The van der Waals surface area contributed by atoms with Gasteiger partial charge in [-0.25, -0.2) is 14.9 Å². The van der Waals surface area contributed by atoms with E-state index in [0.717, 1.165) is 5.69 Å². The van der Waals surface area contributed by atoms with E-state index in [-0.39, 0.29) is 5.76 Å². The van der Waals surface area contributed by atoms with Crippen LogP contribution in [0.1, 0.15) is 5.56 Å². The molecule has 0 bridgehead atoms. The van der Waals surface area contributed by atoms with Gasteiger partial charge in [-0.15, -0.1) is 0 Å². The van der Waals surface area contributed by atoms with Gasteiger partial charge in [0.1, 0.15) is 10.6 Å². The van der Waals surface area contributed by atoms with E-state index in [1.54, 1.807) is 10.9 Å². The van der Waals surface area contributed by atoms with Crippen LogP contribution in [0, 0.1) is 10.1 Å². The summed E-state index contributed by atoms with van der Waals surface area (Å²) in [5, 5.41) is 19.0. The first-order valence-corrected chi connectivity index (χ1v) is 7.35. The number of hydrogen-bond donors (Lipinski definition) is 1. The Morgan fingerprint density at radius 3 is 2.77 bits per heavy atom. The number of methoxy groups -OCH3 is 1. The van der Waals surface area contributed by atoms with Crippen LogP contribution in [0.25, 0.3) is 17.1 Å². The molecule has 0 aliphatic heterocycles. The Kier molecular flexibility index (Phi) is 4.74. The molecule has 0 radical (unpaired) electrons. The van der Waals surface area contributed by atoms with Gasteiger partial charge in [-0.3, -0.25) is 10.1 Å². The van der Waals surface area contributed by atoms with Crippen molar-refractivity contribution in [1.29, 1.82) is 0 Å². The number of furan rings is 1. The van der Waals surface area contributed by atoms with Gasteiger partial charge in [0.25, 0.3) is 0 Å². The molecule has 0 aliphatic carbocycles. The van der Waals surface area contributed by atoms with Crippen LogP contribution in [0.3, 0.4) is 0 Å². The molecule has 10 heteroatoms. The standard InChI is InChI=1S/C16H13N5O5/c1-25-16(22)18-17-9-11-10-20(12-5-3-2-4-6-12)19-15(11)13-7-8-14(26-13)21(23)24/h2-10H,1H3,(H,18,22). The number of carbonyl (C=O) groups excluding carboxylic acids is 1. The lowest BCUT2D eigenvalue weighted by atomic mass is 10.2. The molecule has 0 unspecified atom stereocenters. The van der Waals surface area contributed by atoms with Crippen LogP contribution in [-0.4, -0.2) is 34.1 Å². The maximum Gasteiger partial charge on any atom is 0.433 e. The monoisotopic (exact) mass is 355 g/mol. The molecule has 1 aromatic carbocycles. The fourth-order valence-corrected chi connectivity index (χ4v) is 2.14. The predicted octanol–water partition coefficient (Wildman–Crippen LogP) is 2.73. The van der Waals surface area contributed by atoms with E-state index in [2.05, 4.69) is 20.4 Å². The average Bonchev–Trinajstić information content (AvgIpc) is 3.29. The molecule has 1 amide bonds. The van der Waals surface area contributed by atoms with E-state index in [1.165, 1.54) is 25.5 Å². The van der Waals surface area contributed by atoms with Crippen molar-refractivity contribution < 1.29 is 18.9 Å². The zero-order valence-electron chi connectivity index (χ0n) is 13.5. The first-order valence-electron chi connectivity index (χ1n) is 7.35. The summed E-state index contributed by atoms with van der Waals surface area (Å²) in [5.41, 5.74) is 3.75. The molecule has 1 N–H and O–H groups in total. The summed E-state index contributed by atoms with van der Waals surface area (Å²) in [4.78, 5) is 21.3. The average molecular weight is 355 g/mol. The fraction of sp³-hybridized carbons (Fsp3) is 0.0625. The van der Waals surface area contributed by atoms with Gasteiger partial charge in [-0.05, 0) is 18.2 Å². The molecule has 10 nitrogen and oxygen atoms in total. The third-order valence-corrected chi connectivity index (χ3v) is 3.31. The predicted molar refractivity (Wildman–Crippen MR) is 91.1 cm³/mol. The van der Waals surface area contributed by atoms with Gasteiger partial charge in [0.15, 0.2) is 5.76 Å². The number of hydrogen-bond acceptors (Lipinski definition) is 7. The van der Waals surface area contributed by atoms with E-state index in [1.807, 2.05) is 30.3 Å². The molecule has 132 valence electrons. The van der Waals surface area contributed by atoms with Crippen LogP contribution in [0.15, 0.2) is 58.2 Å². The van der Waals surface area contributed by atoms with Crippen LogP contribution in [-0.2, 0) is 4.74 Å². The van der Waals surface area contributed by atoms with Crippen LogP contribution < -0.4 is 5.43 Å². The molecule has 3 rings (SSSR count). The van der Waals surface area contributed by atoms with Gasteiger partial charge < -0.3 is 9.15 Å². The second-order valence-corrected chi connectivity index (χ2v) is 4.97. The highest BCUT2D eigenvalue weighted by Crippen LogP contribution is 2.27. The molecule has 2 heterocycles. The number of rotatable bonds is 5. The molecule has 0 fully saturated rings. The molecule has 0 saturated carbocycles. The topological polar surface area (TPSA) is 125 Å². The molecular weight excluding hydrogens is 342 g/mol. The van der Waals surface area contributed by atoms with Crippen LogP contribution in [0.4, 0.5) is 10.7 Å². The van der Waals surface area contributed by atoms with Crippen molar-refractivity contribution in [3.8, 4) is 17.1 Å². The lowest BCUT2D eigenvalue weighted by Gasteiger charge is -1.98. The minimum atomic E-state index is -0.730. The number of para-hydroxylation sites is 1. The minimum Gasteiger partial charge on any atom is -0.452 e. The largest absolute Gasteiger partial charge is 0.452 e. The van der Waals surface area contributed by atoms with E-state index in [9.17, 15) is 14.9 Å². The Bertz CT molecular complexity index is 961. The van der Waals surface area contributed by atoms with Crippen LogP contribution >= 0.6 is 0 Å². The number of nitrogens with zero attached hydrogens (tertiary/aromatic N) is 4. The maximum atomic E-state index is 11.1. The Balaban J connectivity index is 2.00. The highest BCUT2D eigenvalue weighted by Gasteiger charge is 2.18. The smallest absolute Gasteiger partial charge is 0.433 e. The zero-order valence-corrected chi connectivity index (χ0v) is 13.5. The van der Waals surface area contributed by atoms with E-state index in [4.69, 9.17) is 4.42 Å². The Hall–Kier alpha value is -3.95. The lowest BCUT2D eigenvalue weighted by molar-refractivity contribution is -0.401. The summed E-state index contributed by atoms with van der Waals surface area (Å²) in [6.07, 6.45) is 2.26. The van der Waals surface area contributed by atoms with Crippen molar-refractivity contribution >= 4 is 18.2 Å². The normalized spacial score (nSPS) is 10.8. The third kappa shape index (κ3) is 3.59.